The zero-order chi connectivity index (χ0) is 22.6. The van der Waals surface area contributed by atoms with Crippen LogP contribution in [-0.4, -0.2) is 45.8 Å². The number of nitro groups is 1. The average molecular weight is 451 g/mol. The topological polar surface area (TPSA) is 113 Å². The van der Waals surface area contributed by atoms with E-state index >= 15 is 0 Å². The van der Waals surface area contributed by atoms with Crippen LogP contribution < -0.4 is 4.90 Å². The van der Waals surface area contributed by atoms with E-state index in [9.17, 15) is 24.5 Å². The van der Waals surface area contributed by atoms with E-state index in [0.717, 1.165) is 11.0 Å². The van der Waals surface area contributed by atoms with Gasteiger partial charge >= 0.3 is 0 Å². The zero-order valence-corrected chi connectivity index (χ0v) is 17.1. The van der Waals surface area contributed by atoms with Gasteiger partial charge in [-0.15, -0.1) is 0 Å². The van der Waals surface area contributed by atoms with E-state index in [-0.39, 0.29) is 22.2 Å². The number of anilines is 1. The second kappa shape index (κ2) is 7.38. The van der Waals surface area contributed by atoms with Gasteiger partial charge < -0.3 is 0 Å². The van der Waals surface area contributed by atoms with Crippen LogP contribution in [0.2, 0.25) is 5.02 Å². The number of nitrogens with zero attached hydrogens (tertiary/aromatic N) is 4. The quantitative estimate of drug-likeness (QED) is 0.306. The van der Waals surface area contributed by atoms with Gasteiger partial charge in [0.1, 0.15) is 6.04 Å². The Labute approximate surface area is 186 Å². The zero-order valence-electron chi connectivity index (χ0n) is 16.4. The number of non-ortho nitro benzene ring substituents is 1. The predicted octanol–water partition coefficient (Wildman–Crippen LogP) is 2.85. The van der Waals surface area contributed by atoms with Crippen LogP contribution in [-0.2, 0) is 9.59 Å². The van der Waals surface area contributed by atoms with Crippen LogP contribution in [0.1, 0.15) is 10.4 Å². The second-order valence-corrected chi connectivity index (χ2v) is 8.06. The number of Topliss-reactive ketones (excluding diaryl/α,β-unsaturated/α-hetero) is 1. The molecule has 3 aliphatic rings. The number of carbonyl (C=O) groups is 3. The van der Waals surface area contributed by atoms with Crippen LogP contribution in [0.15, 0.2) is 65.8 Å². The number of hydrogen-bond donors (Lipinski definition) is 0. The fourth-order valence-corrected chi connectivity index (χ4v) is 4.84. The molecule has 0 N–H and O–H groups in total. The summed E-state index contributed by atoms with van der Waals surface area (Å²) in [5.74, 6) is -3.40. The Kier molecular flexibility index (Phi) is 4.63. The van der Waals surface area contributed by atoms with Crippen LogP contribution in [0.25, 0.3) is 0 Å². The smallest absolute Gasteiger partial charge is 0.271 e. The number of hydrazone groups is 1. The SMILES string of the molecule is O=C(c1ccccc1)[C@@H]1[C@@H]2C(=O)N(c3cc([N+](=O)[O-])ccc3Cl)C(=O)[C@H]2[C@H]2C=CC=NN21. The van der Waals surface area contributed by atoms with Gasteiger partial charge in [0.15, 0.2) is 5.78 Å². The van der Waals surface area contributed by atoms with Crippen molar-refractivity contribution in [1.29, 1.82) is 0 Å². The molecule has 2 aromatic rings. The predicted molar refractivity (Wildman–Crippen MR) is 115 cm³/mol. The van der Waals surface area contributed by atoms with Crippen molar-refractivity contribution in [2.45, 2.75) is 12.1 Å². The highest BCUT2D eigenvalue weighted by Gasteiger charge is 2.64. The molecule has 10 heteroatoms. The maximum Gasteiger partial charge on any atom is 0.271 e. The summed E-state index contributed by atoms with van der Waals surface area (Å²) in [6.07, 6.45) is 4.90. The molecule has 3 heterocycles. The highest BCUT2D eigenvalue weighted by Crippen LogP contribution is 2.47. The van der Waals surface area contributed by atoms with E-state index in [1.807, 2.05) is 0 Å². The summed E-state index contributed by atoms with van der Waals surface area (Å²) >= 11 is 6.22. The lowest BCUT2D eigenvalue weighted by Gasteiger charge is -2.30. The first-order valence-electron chi connectivity index (χ1n) is 9.80. The van der Waals surface area contributed by atoms with E-state index in [1.54, 1.807) is 42.5 Å². The van der Waals surface area contributed by atoms with Crippen molar-refractivity contribution < 1.29 is 19.3 Å². The van der Waals surface area contributed by atoms with Gasteiger partial charge in [-0.2, -0.15) is 5.10 Å². The molecule has 0 unspecified atom stereocenters. The molecule has 0 aliphatic carbocycles. The van der Waals surface area contributed by atoms with Gasteiger partial charge in [0.2, 0.25) is 11.8 Å². The molecule has 2 aromatic carbocycles. The summed E-state index contributed by atoms with van der Waals surface area (Å²) in [6, 6.07) is 10.5. The molecule has 32 heavy (non-hydrogen) atoms. The molecule has 5 rings (SSSR count). The molecular weight excluding hydrogens is 436 g/mol. The Morgan fingerprint density at radius 2 is 1.78 bits per heavy atom. The van der Waals surface area contributed by atoms with Crippen molar-refractivity contribution in [3.8, 4) is 0 Å². The molecule has 4 atom stereocenters. The van der Waals surface area contributed by atoms with Gasteiger partial charge in [0.05, 0.1) is 33.5 Å². The first kappa shape index (κ1) is 20.1. The fraction of sp³-hybridized carbons (Fsp3) is 0.182. The Balaban J connectivity index is 1.60. The van der Waals surface area contributed by atoms with Crippen LogP contribution in [0.4, 0.5) is 11.4 Å². The summed E-state index contributed by atoms with van der Waals surface area (Å²) in [5, 5.41) is 17.0. The number of rotatable bonds is 4. The van der Waals surface area contributed by atoms with Crippen LogP contribution in [0, 0.1) is 22.0 Å². The molecule has 0 spiro atoms. The molecule has 2 fully saturated rings. The fourth-order valence-electron chi connectivity index (χ4n) is 4.63. The summed E-state index contributed by atoms with van der Waals surface area (Å²) in [7, 11) is 0. The van der Waals surface area contributed by atoms with E-state index in [1.165, 1.54) is 23.4 Å². The molecule has 9 nitrogen and oxygen atoms in total. The number of nitro benzene ring substituents is 1. The van der Waals surface area contributed by atoms with E-state index in [0.29, 0.717) is 5.56 Å². The van der Waals surface area contributed by atoms with Crippen molar-refractivity contribution >= 4 is 46.8 Å². The second-order valence-electron chi connectivity index (χ2n) is 7.65. The third-order valence-electron chi connectivity index (χ3n) is 6.00. The molecule has 0 saturated carbocycles. The lowest BCUT2D eigenvalue weighted by molar-refractivity contribution is -0.384. The van der Waals surface area contributed by atoms with E-state index in [2.05, 4.69) is 5.10 Å². The third-order valence-corrected chi connectivity index (χ3v) is 6.32. The number of amides is 2. The van der Waals surface area contributed by atoms with Gasteiger partial charge in [-0.3, -0.25) is 29.5 Å². The number of ketones is 1. The number of carbonyl (C=O) groups excluding carboxylic acids is 3. The summed E-state index contributed by atoms with van der Waals surface area (Å²) in [4.78, 5) is 51.9. The molecule has 160 valence electrons. The minimum atomic E-state index is -1.00. The minimum absolute atomic E-state index is 0.0253. The first-order valence-corrected chi connectivity index (χ1v) is 10.2. The number of fused-ring (bicyclic) bond motifs is 3. The van der Waals surface area contributed by atoms with Gasteiger partial charge in [-0.25, -0.2) is 4.90 Å². The van der Waals surface area contributed by atoms with Crippen LogP contribution in [0.3, 0.4) is 0 Å². The van der Waals surface area contributed by atoms with Crippen molar-refractivity contribution in [2.24, 2.45) is 16.9 Å². The number of benzene rings is 2. The molecule has 0 bridgehead atoms. The lowest BCUT2D eigenvalue weighted by atomic mass is 9.86. The standard InChI is InChI=1S/C22H15ClN4O5/c23-14-9-8-13(27(31)32)11-16(14)25-21(29)17-15-7-4-10-24-26(15)19(18(17)22(25)30)20(28)12-5-2-1-3-6-12/h1-11,15,17-19H/t15-,17+,18-,19+/m1/s1. The van der Waals surface area contributed by atoms with E-state index in [4.69, 9.17) is 11.6 Å². The van der Waals surface area contributed by atoms with E-state index < -0.39 is 40.7 Å². The number of hydrogen-bond acceptors (Lipinski definition) is 7. The number of halogens is 1. The Bertz CT molecular complexity index is 1230. The molecule has 0 aromatic heterocycles. The van der Waals surface area contributed by atoms with Crippen LogP contribution >= 0.6 is 11.6 Å². The van der Waals surface area contributed by atoms with Crippen molar-refractivity contribution in [3.63, 3.8) is 0 Å². The average Bonchev–Trinajstić information content (AvgIpc) is 3.27. The van der Waals surface area contributed by atoms with Crippen molar-refractivity contribution in [1.82, 2.24) is 5.01 Å². The highest BCUT2D eigenvalue weighted by atomic mass is 35.5. The monoisotopic (exact) mass is 450 g/mol. The van der Waals surface area contributed by atoms with Gasteiger partial charge in [-0.05, 0) is 12.1 Å². The molecule has 0 radical (unpaired) electrons. The molecule has 3 aliphatic heterocycles. The summed E-state index contributed by atoms with van der Waals surface area (Å²) in [6.45, 7) is 0. The highest BCUT2D eigenvalue weighted by molar-refractivity contribution is 6.36. The largest absolute Gasteiger partial charge is 0.292 e. The van der Waals surface area contributed by atoms with Gasteiger partial charge in [0, 0.05) is 23.9 Å². The van der Waals surface area contributed by atoms with Crippen molar-refractivity contribution in [3.05, 3.63) is 81.4 Å². The maximum atomic E-state index is 13.5. The summed E-state index contributed by atoms with van der Waals surface area (Å²) < 4.78 is 0. The first-order chi connectivity index (χ1) is 15.4. The molecule has 2 saturated heterocycles. The Morgan fingerprint density at radius 3 is 2.50 bits per heavy atom. The molecular formula is C22H15ClN4O5. The maximum absolute atomic E-state index is 13.5. The van der Waals surface area contributed by atoms with Gasteiger partial charge in [0.25, 0.3) is 5.69 Å². The Morgan fingerprint density at radius 1 is 1.06 bits per heavy atom. The van der Waals surface area contributed by atoms with Gasteiger partial charge in [-0.1, -0.05) is 48.0 Å². The number of allylic oxidation sites excluding steroid dienone is 1. The minimum Gasteiger partial charge on any atom is -0.292 e. The normalized spacial score (nSPS) is 25.8. The van der Waals surface area contributed by atoms with Crippen molar-refractivity contribution in [2.75, 3.05) is 4.90 Å². The lowest BCUT2D eigenvalue weighted by Crippen LogP contribution is -2.46. The van der Waals surface area contributed by atoms with Crippen LogP contribution in [0.5, 0.6) is 0 Å². The molecule has 2 amide bonds. The third kappa shape index (κ3) is 2.85. The number of imide groups is 1. The summed E-state index contributed by atoms with van der Waals surface area (Å²) in [5.41, 5.74) is 0.0301. The Hall–Kier alpha value is -3.85.